The van der Waals surface area contributed by atoms with Gasteiger partial charge in [-0.05, 0) is 26.0 Å². The van der Waals surface area contributed by atoms with Gasteiger partial charge < -0.3 is 15.1 Å². The van der Waals surface area contributed by atoms with Gasteiger partial charge >= 0.3 is 6.18 Å². The zero-order valence-corrected chi connectivity index (χ0v) is 16.4. The second kappa shape index (κ2) is 7.54. The first-order valence-corrected chi connectivity index (χ1v) is 9.53. The minimum absolute atomic E-state index is 0.0904. The third-order valence-corrected chi connectivity index (χ3v) is 5.12. The van der Waals surface area contributed by atoms with Crippen molar-refractivity contribution >= 4 is 11.7 Å². The molecule has 3 aromatic heterocycles. The van der Waals surface area contributed by atoms with Gasteiger partial charge in [-0.3, -0.25) is 9.48 Å². The second-order valence-electron chi connectivity index (χ2n) is 7.14. The third-order valence-electron chi connectivity index (χ3n) is 5.12. The summed E-state index contributed by atoms with van der Waals surface area (Å²) < 4.78 is 48.8. The van der Waals surface area contributed by atoms with Gasteiger partial charge in [0.15, 0.2) is 11.7 Å². The smallest absolute Gasteiger partial charge is 0.410 e. The maximum absolute atomic E-state index is 13.7. The number of halogens is 3. The Bertz CT molecular complexity index is 1040. The Morgan fingerprint density at radius 3 is 2.83 bits per heavy atom. The Labute approximate surface area is 170 Å². The summed E-state index contributed by atoms with van der Waals surface area (Å²) in [5.74, 6) is -0.0472. The number of aryl methyl sites for hydroxylation is 2. The van der Waals surface area contributed by atoms with Crippen LogP contribution in [0.2, 0.25) is 0 Å². The first-order chi connectivity index (χ1) is 14.3. The summed E-state index contributed by atoms with van der Waals surface area (Å²) in [6.07, 6.45) is -1.58. The van der Waals surface area contributed by atoms with Crippen LogP contribution >= 0.6 is 0 Å². The maximum Gasteiger partial charge on any atom is 0.410 e. The molecule has 4 rings (SSSR count). The summed E-state index contributed by atoms with van der Waals surface area (Å²) in [6.45, 7) is 4.68. The molecular weight excluding hydrogens is 401 g/mol. The van der Waals surface area contributed by atoms with Crippen LogP contribution in [0.15, 0.2) is 35.1 Å². The van der Waals surface area contributed by atoms with Crippen LogP contribution in [0, 0.1) is 6.92 Å². The number of fused-ring (bicyclic) bond motifs is 1. The van der Waals surface area contributed by atoms with E-state index < -0.39 is 24.2 Å². The Hall–Kier alpha value is -3.24. The van der Waals surface area contributed by atoms with Crippen LogP contribution in [-0.4, -0.2) is 31.6 Å². The minimum Gasteiger partial charge on any atom is -0.467 e. The Morgan fingerprint density at radius 2 is 2.20 bits per heavy atom. The second-order valence-corrected chi connectivity index (χ2v) is 7.14. The fourth-order valence-corrected chi connectivity index (χ4v) is 3.52. The van der Waals surface area contributed by atoms with Crippen molar-refractivity contribution in [1.29, 1.82) is 0 Å². The first kappa shape index (κ1) is 20.0. The van der Waals surface area contributed by atoms with E-state index >= 15 is 0 Å². The van der Waals surface area contributed by atoms with Crippen LogP contribution in [0.5, 0.6) is 0 Å². The van der Waals surface area contributed by atoms with Gasteiger partial charge in [0.1, 0.15) is 11.6 Å². The van der Waals surface area contributed by atoms with Crippen LogP contribution < -0.4 is 10.6 Å². The third kappa shape index (κ3) is 3.79. The molecule has 2 atom stereocenters. The lowest BCUT2D eigenvalue weighted by atomic mass is 10.0. The van der Waals surface area contributed by atoms with Crippen molar-refractivity contribution in [2.75, 3.05) is 5.32 Å². The molecule has 1 aliphatic rings. The lowest BCUT2D eigenvalue weighted by Gasteiger charge is -2.32. The molecule has 0 aliphatic carbocycles. The molecule has 30 heavy (non-hydrogen) atoms. The van der Waals surface area contributed by atoms with Gasteiger partial charge in [0, 0.05) is 37.3 Å². The lowest BCUT2D eigenvalue weighted by Crippen LogP contribution is -2.35. The predicted octanol–water partition coefficient (Wildman–Crippen LogP) is 3.59. The quantitative estimate of drug-likeness (QED) is 0.656. The lowest BCUT2D eigenvalue weighted by molar-refractivity contribution is -0.174. The number of carbonyl (C=O) groups is 1. The van der Waals surface area contributed by atoms with Gasteiger partial charge in [0.25, 0.3) is 5.91 Å². The first-order valence-electron chi connectivity index (χ1n) is 9.53. The highest BCUT2D eigenvalue weighted by Gasteiger charge is 2.47. The number of hydrogen-bond acceptors (Lipinski definition) is 5. The fourth-order valence-electron chi connectivity index (χ4n) is 3.52. The molecule has 0 radical (unpaired) electrons. The molecule has 0 fully saturated rings. The average molecular weight is 422 g/mol. The van der Waals surface area contributed by atoms with Crippen molar-refractivity contribution in [3.8, 4) is 0 Å². The molecule has 1 aliphatic heterocycles. The van der Waals surface area contributed by atoms with E-state index in [0.717, 1.165) is 15.9 Å². The minimum atomic E-state index is -4.52. The van der Waals surface area contributed by atoms with E-state index in [2.05, 4.69) is 20.8 Å². The highest BCUT2D eigenvalue weighted by molar-refractivity contribution is 5.93. The largest absolute Gasteiger partial charge is 0.467 e. The molecule has 4 heterocycles. The molecule has 2 N–H and O–H groups in total. The number of hydrogen-bond donors (Lipinski definition) is 2. The number of anilines is 1. The highest BCUT2D eigenvalue weighted by atomic mass is 19.4. The van der Waals surface area contributed by atoms with E-state index in [1.807, 2.05) is 20.0 Å². The molecular formula is C19H21F3N6O2. The predicted molar refractivity (Wildman–Crippen MR) is 101 cm³/mol. The maximum atomic E-state index is 13.7. The van der Waals surface area contributed by atoms with Gasteiger partial charge in [-0.2, -0.15) is 23.4 Å². The van der Waals surface area contributed by atoms with E-state index in [-0.39, 0.29) is 24.5 Å². The molecule has 8 nitrogen and oxygen atoms in total. The molecule has 0 saturated carbocycles. The average Bonchev–Trinajstić information content (AvgIpc) is 3.43. The van der Waals surface area contributed by atoms with Crippen molar-refractivity contribution in [2.45, 2.75) is 51.6 Å². The molecule has 3 aromatic rings. The number of nitrogens with one attached hydrogen (secondary N) is 2. The van der Waals surface area contributed by atoms with Crippen LogP contribution in [0.3, 0.4) is 0 Å². The van der Waals surface area contributed by atoms with Crippen molar-refractivity contribution in [3.05, 3.63) is 53.4 Å². The topological polar surface area (TPSA) is 89.9 Å². The summed E-state index contributed by atoms with van der Waals surface area (Å²) in [7, 11) is 0. The number of amides is 1. The van der Waals surface area contributed by atoms with Crippen LogP contribution in [0.1, 0.15) is 52.9 Å². The highest BCUT2D eigenvalue weighted by Crippen LogP contribution is 2.43. The zero-order chi connectivity index (χ0) is 21.5. The van der Waals surface area contributed by atoms with Gasteiger partial charge in [-0.25, -0.2) is 4.68 Å². The summed E-state index contributed by atoms with van der Waals surface area (Å²) in [4.78, 5) is 12.5. The standard InChI is InChI=1S/C19H21F3N6O2/c1-3-27-10-12(11(2)25-27)9-23-18(29)14-8-17-24-13(15-5-4-6-30-15)7-16(19(20,21)22)28(17)26-14/h4-6,8,10,13,16,24H,3,7,9H2,1-2H3,(H,23,29)/t13-,16-/m1/s1. The van der Waals surface area contributed by atoms with E-state index in [9.17, 15) is 18.0 Å². The number of nitrogens with zero attached hydrogens (tertiary/aromatic N) is 4. The number of furan rings is 1. The molecule has 0 aromatic carbocycles. The molecule has 0 bridgehead atoms. The number of aromatic nitrogens is 4. The van der Waals surface area contributed by atoms with Gasteiger partial charge in [-0.15, -0.1) is 0 Å². The van der Waals surface area contributed by atoms with Crippen molar-refractivity contribution in [1.82, 2.24) is 24.9 Å². The Kier molecular flexibility index (Phi) is 5.04. The molecule has 0 unspecified atom stereocenters. The molecule has 0 spiro atoms. The molecule has 0 saturated heterocycles. The Balaban J connectivity index is 1.55. The van der Waals surface area contributed by atoms with Gasteiger partial charge in [0.05, 0.1) is 18.0 Å². The van der Waals surface area contributed by atoms with Crippen molar-refractivity contribution in [2.24, 2.45) is 0 Å². The molecule has 1 amide bonds. The van der Waals surface area contributed by atoms with Gasteiger partial charge in [0.2, 0.25) is 0 Å². The summed E-state index contributed by atoms with van der Waals surface area (Å²) in [5, 5.41) is 13.9. The van der Waals surface area contributed by atoms with E-state index in [1.165, 1.54) is 12.3 Å². The van der Waals surface area contributed by atoms with Crippen LogP contribution in [0.4, 0.5) is 19.0 Å². The SMILES string of the molecule is CCn1cc(CNC(=O)c2cc3n(n2)[C@@H](C(F)(F)F)C[C@H](c2ccco2)N3)c(C)n1. The van der Waals surface area contributed by atoms with E-state index in [0.29, 0.717) is 12.3 Å². The van der Waals surface area contributed by atoms with E-state index in [1.54, 1.807) is 16.8 Å². The summed E-state index contributed by atoms with van der Waals surface area (Å²) >= 11 is 0. The molecule has 160 valence electrons. The number of alkyl halides is 3. The number of rotatable bonds is 5. The normalized spacial score (nSPS) is 18.7. The van der Waals surface area contributed by atoms with Crippen LogP contribution in [0.25, 0.3) is 0 Å². The van der Waals surface area contributed by atoms with Crippen molar-refractivity contribution in [3.63, 3.8) is 0 Å². The fraction of sp³-hybridized carbons (Fsp3) is 0.421. The van der Waals surface area contributed by atoms with Crippen LogP contribution in [-0.2, 0) is 13.1 Å². The van der Waals surface area contributed by atoms with E-state index in [4.69, 9.17) is 4.42 Å². The zero-order valence-electron chi connectivity index (χ0n) is 16.4. The summed E-state index contributed by atoms with van der Waals surface area (Å²) in [5.41, 5.74) is 1.52. The van der Waals surface area contributed by atoms with Gasteiger partial charge in [-0.1, -0.05) is 0 Å². The van der Waals surface area contributed by atoms with Crippen molar-refractivity contribution < 1.29 is 22.4 Å². The monoisotopic (exact) mass is 422 g/mol. The number of carbonyl (C=O) groups excluding carboxylic acids is 1. The molecule has 11 heteroatoms. The Morgan fingerprint density at radius 1 is 1.40 bits per heavy atom. The summed E-state index contributed by atoms with van der Waals surface area (Å²) in [6, 6.07) is 2.02.